The molecule has 0 unspecified atom stereocenters. The Labute approximate surface area is 165 Å². The average molecular weight is 394 g/mol. The quantitative estimate of drug-likeness (QED) is 0.440. The van der Waals surface area contributed by atoms with Gasteiger partial charge in [0, 0.05) is 11.1 Å². The first-order chi connectivity index (χ1) is 13.7. The van der Waals surface area contributed by atoms with Crippen LogP contribution in [-0.2, 0) is 0 Å². The number of methoxy groups -OCH3 is 2. The Kier molecular flexibility index (Phi) is 4.94. The van der Waals surface area contributed by atoms with Crippen molar-refractivity contribution in [2.75, 3.05) is 20.8 Å². The predicted molar refractivity (Wildman–Crippen MR) is 108 cm³/mol. The molecule has 4 aromatic rings. The number of hydrogen-bond acceptors (Lipinski definition) is 7. The van der Waals surface area contributed by atoms with Crippen LogP contribution in [0.1, 0.15) is 0 Å². The van der Waals surface area contributed by atoms with Crippen LogP contribution in [0.2, 0.25) is 0 Å². The third-order valence-electron chi connectivity index (χ3n) is 4.08. The summed E-state index contributed by atoms with van der Waals surface area (Å²) in [6.45, 7) is 4.13. The van der Waals surface area contributed by atoms with Crippen molar-refractivity contribution in [1.29, 1.82) is 0 Å². The number of rotatable bonds is 7. The van der Waals surface area contributed by atoms with Crippen molar-refractivity contribution >= 4 is 16.3 Å². The molecule has 0 aliphatic carbocycles. The lowest BCUT2D eigenvalue weighted by Gasteiger charge is -2.08. The first-order valence-electron chi connectivity index (χ1n) is 8.52. The topological polar surface area (TPSA) is 70.8 Å². The Morgan fingerprint density at radius 3 is 2.68 bits per heavy atom. The molecule has 142 valence electrons. The molecule has 4 rings (SSSR count). The van der Waals surface area contributed by atoms with E-state index in [-0.39, 0.29) is 0 Å². The van der Waals surface area contributed by atoms with Crippen molar-refractivity contribution in [3.8, 4) is 39.2 Å². The molecule has 2 aromatic carbocycles. The van der Waals surface area contributed by atoms with Gasteiger partial charge in [0.05, 0.1) is 14.2 Å². The molecule has 0 radical (unpaired) electrons. The van der Waals surface area contributed by atoms with Gasteiger partial charge in [0.2, 0.25) is 4.96 Å². The molecule has 0 aliphatic heterocycles. The van der Waals surface area contributed by atoms with Gasteiger partial charge in [-0.25, -0.2) is 0 Å². The Hall–Kier alpha value is -3.39. The van der Waals surface area contributed by atoms with E-state index in [4.69, 9.17) is 19.3 Å². The van der Waals surface area contributed by atoms with E-state index >= 15 is 0 Å². The first-order valence-corrected chi connectivity index (χ1v) is 9.34. The number of ether oxygens (including phenoxy) is 3. The molecule has 0 fully saturated rings. The summed E-state index contributed by atoms with van der Waals surface area (Å²) >= 11 is 1.46. The molecular formula is C20H18N4O3S. The zero-order chi connectivity index (χ0) is 19.5. The van der Waals surface area contributed by atoms with Crippen LogP contribution in [0.5, 0.6) is 17.2 Å². The van der Waals surface area contributed by atoms with Gasteiger partial charge in [0.15, 0.2) is 17.3 Å². The summed E-state index contributed by atoms with van der Waals surface area (Å²) in [4.78, 5) is 0.706. The van der Waals surface area contributed by atoms with Crippen molar-refractivity contribution in [2.24, 2.45) is 0 Å². The molecule has 2 heterocycles. The van der Waals surface area contributed by atoms with Crippen molar-refractivity contribution in [3.63, 3.8) is 0 Å². The number of aromatic nitrogens is 4. The Morgan fingerprint density at radius 2 is 1.89 bits per heavy atom. The molecule has 0 bridgehead atoms. The molecule has 0 saturated heterocycles. The van der Waals surface area contributed by atoms with Gasteiger partial charge in [-0.05, 0) is 30.3 Å². The molecule has 0 N–H and O–H groups in total. The molecule has 8 heteroatoms. The standard InChI is InChI=1S/C20H18N4O3S/c1-4-10-27-15-7-5-6-14(11-15)19-23-24-18(21-22-20(24)28-19)13-8-9-16(25-2)17(12-13)26-3/h4-9,11-12H,1,10H2,2-3H3. The van der Waals surface area contributed by atoms with Crippen LogP contribution in [0.15, 0.2) is 55.1 Å². The maximum absolute atomic E-state index is 5.61. The number of nitrogens with zero attached hydrogens (tertiary/aromatic N) is 4. The van der Waals surface area contributed by atoms with E-state index < -0.39 is 0 Å². The summed E-state index contributed by atoms with van der Waals surface area (Å²) < 4.78 is 18.0. The summed E-state index contributed by atoms with van der Waals surface area (Å²) in [5.41, 5.74) is 1.79. The third kappa shape index (κ3) is 3.29. The fraction of sp³-hybridized carbons (Fsp3) is 0.150. The molecule has 0 saturated carbocycles. The van der Waals surface area contributed by atoms with E-state index in [0.717, 1.165) is 21.9 Å². The Balaban J connectivity index is 1.73. The molecule has 0 atom stereocenters. The van der Waals surface area contributed by atoms with Crippen LogP contribution in [0.25, 0.3) is 26.9 Å². The van der Waals surface area contributed by atoms with Crippen molar-refractivity contribution in [1.82, 2.24) is 19.8 Å². The minimum atomic E-state index is 0.456. The summed E-state index contributed by atoms with van der Waals surface area (Å²) in [5.74, 6) is 2.68. The minimum Gasteiger partial charge on any atom is -0.493 e. The van der Waals surface area contributed by atoms with Gasteiger partial charge in [0.25, 0.3) is 0 Å². The van der Waals surface area contributed by atoms with Gasteiger partial charge >= 0.3 is 0 Å². The molecule has 0 aliphatic rings. The van der Waals surface area contributed by atoms with Gasteiger partial charge < -0.3 is 14.2 Å². The first kappa shape index (κ1) is 18.0. The smallest absolute Gasteiger partial charge is 0.235 e. The molecule has 28 heavy (non-hydrogen) atoms. The third-order valence-corrected chi connectivity index (χ3v) is 5.03. The highest BCUT2D eigenvalue weighted by Gasteiger charge is 2.16. The molecule has 2 aromatic heterocycles. The van der Waals surface area contributed by atoms with Crippen molar-refractivity contribution in [2.45, 2.75) is 0 Å². The fourth-order valence-electron chi connectivity index (χ4n) is 2.76. The normalized spacial score (nSPS) is 10.8. The van der Waals surface area contributed by atoms with Gasteiger partial charge in [0.1, 0.15) is 17.4 Å². The van der Waals surface area contributed by atoms with E-state index in [1.54, 1.807) is 24.8 Å². The lowest BCUT2D eigenvalue weighted by atomic mass is 10.2. The summed E-state index contributed by atoms with van der Waals surface area (Å²) in [6.07, 6.45) is 1.71. The Morgan fingerprint density at radius 1 is 1.04 bits per heavy atom. The summed E-state index contributed by atoms with van der Waals surface area (Å²) in [6, 6.07) is 13.4. The highest BCUT2D eigenvalue weighted by molar-refractivity contribution is 7.19. The molecular weight excluding hydrogens is 376 g/mol. The largest absolute Gasteiger partial charge is 0.493 e. The van der Waals surface area contributed by atoms with E-state index in [1.165, 1.54) is 11.3 Å². The number of fused-ring (bicyclic) bond motifs is 1. The maximum atomic E-state index is 5.61. The van der Waals surface area contributed by atoms with Crippen LogP contribution in [-0.4, -0.2) is 40.6 Å². The molecule has 7 nitrogen and oxygen atoms in total. The maximum Gasteiger partial charge on any atom is 0.235 e. The van der Waals surface area contributed by atoms with Crippen LogP contribution >= 0.6 is 11.3 Å². The Bertz CT molecular complexity index is 1140. The lowest BCUT2D eigenvalue weighted by molar-refractivity contribution is 0.355. The van der Waals surface area contributed by atoms with E-state index in [9.17, 15) is 0 Å². The van der Waals surface area contributed by atoms with Crippen LogP contribution < -0.4 is 14.2 Å². The van der Waals surface area contributed by atoms with Gasteiger partial charge in [-0.15, -0.1) is 10.2 Å². The highest BCUT2D eigenvalue weighted by atomic mass is 32.1. The number of hydrogen-bond donors (Lipinski definition) is 0. The van der Waals surface area contributed by atoms with Crippen LogP contribution in [0, 0.1) is 0 Å². The van der Waals surface area contributed by atoms with E-state index in [0.29, 0.717) is 28.9 Å². The molecule has 0 spiro atoms. The van der Waals surface area contributed by atoms with Gasteiger partial charge in [-0.2, -0.15) is 9.61 Å². The van der Waals surface area contributed by atoms with E-state index in [1.807, 2.05) is 42.5 Å². The summed E-state index contributed by atoms with van der Waals surface area (Å²) in [5, 5.41) is 14.1. The zero-order valence-corrected chi connectivity index (χ0v) is 16.3. The van der Waals surface area contributed by atoms with Gasteiger partial charge in [-0.3, -0.25) is 0 Å². The zero-order valence-electron chi connectivity index (χ0n) is 15.5. The SMILES string of the molecule is C=CCOc1cccc(-c2nn3c(-c4ccc(OC)c(OC)c4)nnc3s2)c1. The van der Waals surface area contributed by atoms with Crippen molar-refractivity contribution < 1.29 is 14.2 Å². The lowest BCUT2D eigenvalue weighted by Crippen LogP contribution is -1.95. The fourth-order valence-corrected chi connectivity index (χ4v) is 3.60. The van der Waals surface area contributed by atoms with Gasteiger partial charge in [-0.1, -0.05) is 36.1 Å². The minimum absolute atomic E-state index is 0.456. The molecule has 0 amide bonds. The van der Waals surface area contributed by atoms with Crippen LogP contribution in [0.4, 0.5) is 0 Å². The average Bonchev–Trinajstić information content (AvgIpc) is 3.33. The highest BCUT2D eigenvalue weighted by Crippen LogP contribution is 2.33. The van der Waals surface area contributed by atoms with Crippen molar-refractivity contribution in [3.05, 3.63) is 55.1 Å². The van der Waals surface area contributed by atoms with Crippen LogP contribution in [0.3, 0.4) is 0 Å². The second-order valence-corrected chi connectivity index (χ2v) is 6.78. The monoisotopic (exact) mass is 394 g/mol. The predicted octanol–water partition coefficient (Wildman–Crippen LogP) is 4.10. The second kappa shape index (κ2) is 7.69. The summed E-state index contributed by atoms with van der Waals surface area (Å²) in [7, 11) is 3.20. The number of benzene rings is 2. The second-order valence-electron chi connectivity index (χ2n) is 5.82. The van der Waals surface area contributed by atoms with E-state index in [2.05, 4.69) is 16.8 Å².